The number of anilines is 2. The van der Waals surface area contributed by atoms with Crippen molar-refractivity contribution in [3.63, 3.8) is 0 Å². The summed E-state index contributed by atoms with van der Waals surface area (Å²) in [6.07, 6.45) is 6.04. The molecule has 3 aromatic rings. The maximum absolute atomic E-state index is 14.3. The molecule has 3 fully saturated rings. The van der Waals surface area contributed by atoms with Crippen molar-refractivity contribution in [2.45, 2.75) is 43.0 Å². The summed E-state index contributed by atoms with van der Waals surface area (Å²) in [6, 6.07) is 10.6. The smallest absolute Gasteiger partial charge is 0.268 e. The average molecular weight is 524 g/mol. The van der Waals surface area contributed by atoms with Crippen molar-refractivity contribution in [1.29, 1.82) is 0 Å². The fraction of sp³-hybridized carbons (Fsp3) is 0.464. The van der Waals surface area contributed by atoms with Crippen molar-refractivity contribution in [2.75, 3.05) is 49.0 Å². The molecule has 8 nitrogen and oxygen atoms in total. The van der Waals surface area contributed by atoms with Gasteiger partial charge < -0.3 is 18.8 Å². The summed E-state index contributed by atoms with van der Waals surface area (Å²) in [5.74, 6) is 1.11. The highest BCUT2D eigenvalue weighted by molar-refractivity contribution is 7.93. The zero-order valence-electron chi connectivity index (χ0n) is 21.4. The van der Waals surface area contributed by atoms with Crippen LogP contribution < -0.4 is 13.9 Å². The fourth-order valence-electron chi connectivity index (χ4n) is 5.45. The number of piperazine rings is 1. The maximum Gasteiger partial charge on any atom is 0.268 e. The molecule has 0 radical (unpaired) electrons. The van der Waals surface area contributed by atoms with Gasteiger partial charge in [-0.3, -0.25) is 9.21 Å². The van der Waals surface area contributed by atoms with Gasteiger partial charge in [-0.1, -0.05) is 6.07 Å². The molecule has 1 aromatic heterocycles. The van der Waals surface area contributed by atoms with Crippen molar-refractivity contribution >= 4 is 38.7 Å². The third-order valence-electron chi connectivity index (χ3n) is 7.90. The van der Waals surface area contributed by atoms with Crippen LogP contribution in [0.2, 0.25) is 0 Å². The maximum atomic E-state index is 14.3. The molecule has 2 aliphatic carbocycles. The molecule has 1 aliphatic heterocycles. The molecule has 0 amide bonds. The normalized spacial score (nSPS) is 19.7. The fourth-order valence-corrected chi connectivity index (χ4v) is 7.48. The zero-order valence-corrected chi connectivity index (χ0v) is 22.2. The topological polar surface area (TPSA) is 83.3 Å². The van der Waals surface area contributed by atoms with Crippen LogP contribution in [-0.4, -0.2) is 65.0 Å². The van der Waals surface area contributed by atoms with Crippen molar-refractivity contribution < 1.29 is 22.4 Å². The van der Waals surface area contributed by atoms with Crippen LogP contribution in [0.3, 0.4) is 0 Å². The minimum atomic E-state index is -4.12. The molecule has 2 saturated carbocycles. The van der Waals surface area contributed by atoms with Crippen LogP contribution in [0.4, 0.5) is 11.4 Å². The van der Waals surface area contributed by atoms with E-state index < -0.39 is 15.6 Å². The molecule has 3 aliphatic rings. The highest BCUT2D eigenvalue weighted by atomic mass is 32.2. The van der Waals surface area contributed by atoms with Gasteiger partial charge >= 0.3 is 0 Å². The van der Waals surface area contributed by atoms with Crippen LogP contribution in [0, 0.1) is 12.8 Å². The molecular weight excluding hydrogens is 490 g/mol. The highest BCUT2D eigenvalue weighted by Crippen LogP contribution is 2.48. The molecule has 2 aromatic carbocycles. The van der Waals surface area contributed by atoms with E-state index >= 15 is 0 Å². The number of methoxy groups -OCH3 is 1. The van der Waals surface area contributed by atoms with Crippen LogP contribution in [0.15, 0.2) is 52.0 Å². The largest absolute Gasteiger partial charge is 0.495 e. The summed E-state index contributed by atoms with van der Waals surface area (Å²) in [4.78, 5) is 17.2. The predicted octanol–water partition coefficient (Wildman–Crippen LogP) is 4.21. The number of fused-ring (bicyclic) bond motifs is 1. The number of aldehydes is 1. The van der Waals surface area contributed by atoms with Gasteiger partial charge in [0.25, 0.3) is 10.0 Å². The predicted molar refractivity (Wildman–Crippen MR) is 143 cm³/mol. The summed E-state index contributed by atoms with van der Waals surface area (Å²) in [5, 5.41) is 0.811. The van der Waals surface area contributed by atoms with Crippen LogP contribution in [0.5, 0.6) is 5.75 Å². The number of ether oxygens (including phenoxy) is 1. The first-order chi connectivity index (χ1) is 17.8. The van der Waals surface area contributed by atoms with Gasteiger partial charge in [0.1, 0.15) is 22.5 Å². The number of furan rings is 1. The molecule has 0 atom stereocenters. The number of sulfonamides is 1. The molecule has 0 bridgehead atoms. The van der Waals surface area contributed by atoms with E-state index in [-0.39, 0.29) is 10.6 Å². The summed E-state index contributed by atoms with van der Waals surface area (Å²) in [6.45, 7) is 6.60. The number of hydrogen-bond donors (Lipinski definition) is 0. The van der Waals surface area contributed by atoms with Crippen molar-refractivity contribution in [1.82, 2.24) is 4.90 Å². The number of nitrogens with zero attached hydrogens (tertiary/aromatic N) is 3. The van der Waals surface area contributed by atoms with E-state index in [1.807, 2.05) is 31.2 Å². The van der Waals surface area contributed by atoms with Gasteiger partial charge in [0.05, 0.1) is 24.7 Å². The van der Waals surface area contributed by atoms with Crippen LogP contribution in [0.25, 0.3) is 11.0 Å². The quantitative estimate of drug-likeness (QED) is 0.389. The Morgan fingerprint density at radius 1 is 1.11 bits per heavy atom. The lowest BCUT2D eigenvalue weighted by atomic mass is 10.1. The zero-order chi connectivity index (χ0) is 25.8. The molecule has 2 heterocycles. The Morgan fingerprint density at radius 3 is 2.51 bits per heavy atom. The molecule has 0 unspecified atom stereocenters. The molecule has 196 valence electrons. The van der Waals surface area contributed by atoms with E-state index in [0.717, 1.165) is 67.1 Å². The molecule has 1 saturated heterocycles. The Bertz CT molecular complexity index is 1430. The van der Waals surface area contributed by atoms with Gasteiger partial charge in [-0.05, 0) is 74.4 Å². The molecule has 37 heavy (non-hydrogen) atoms. The van der Waals surface area contributed by atoms with E-state index in [0.29, 0.717) is 18.5 Å². The lowest BCUT2D eigenvalue weighted by molar-refractivity contribution is -0.109. The lowest BCUT2D eigenvalue weighted by Crippen LogP contribution is -2.47. The van der Waals surface area contributed by atoms with Gasteiger partial charge in [0, 0.05) is 38.1 Å². The van der Waals surface area contributed by atoms with Crippen molar-refractivity contribution in [2.24, 2.45) is 5.92 Å². The average Bonchev–Trinajstić information content (AvgIpc) is 3.82. The minimum absolute atomic E-state index is 0.0608. The van der Waals surface area contributed by atoms with Gasteiger partial charge in [0.2, 0.25) is 0 Å². The first-order valence-corrected chi connectivity index (χ1v) is 14.4. The highest BCUT2D eigenvalue weighted by Gasteiger charge is 2.54. The van der Waals surface area contributed by atoms with E-state index in [2.05, 4.69) is 9.80 Å². The first-order valence-electron chi connectivity index (χ1n) is 13.0. The molecule has 6 rings (SSSR count). The number of carbonyl (C=O) groups is 1. The van der Waals surface area contributed by atoms with E-state index in [4.69, 9.17) is 9.15 Å². The van der Waals surface area contributed by atoms with Crippen LogP contribution >= 0.6 is 0 Å². The number of hydrogen-bond acceptors (Lipinski definition) is 7. The van der Waals surface area contributed by atoms with Gasteiger partial charge in [-0.15, -0.1) is 0 Å². The summed E-state index contributed by atoms with van der Waals surface area (Å²) in [7, 11) is -2.66. The summed E-state index contributed by atoms with van der Waals surface area (Å²) < 4.78 is 41.2. The molecule has 0 spiro atoms. The van der Waals surface area contributed by atoms with E-state index in [9.17, 15) is 13.2 Å². The third-order valence-corrected chi connectivity index (χ3v) is 9.83. The number of benzene rings is 2. The Balaban J connectivity index is 1.43. The second-order valence-corrected chi connectivity index (χ2v) is 12.4. The van der Waals surface area contributed by atoms with Crippen molar-refractivity contribution in [3.8, 4) is 5.75 Å². The number of carbonyl (C=O) groups excluding carboxylic acids is 1. The standard InChI is InChI=1S/C28H33N3O5S/c1-20-3-6-25(35-2)26(15-20)37(33,34)31(28(19-32)8-9-28)23-16-22-7-14-36-27(22)24(17-23)30-12-10-29(11-13-30)18-21-4-5-21/h3,6-7,14-17,19,21H,4-5,8-13,18H2,1-2H3. The number of aryl methyl sites for hydroxylation is 1. The second kappa shape index (κ2) is 9.06. The second-order valence-electron chi connectivity index (χ2n) is 10.7. The lowest BCUT2D eigenvalue weighted by Gasteiger charge is -2.37. The molecule has 9 heteroatoms. The summed E-state index contributed by atoms with van der Waals surface area (Å²) >= 11 is 0. The third kappa shape index (κ3) is 4.38. The minimum Gasteiger partial charge on any atom is -0.495 e. The monoisotopic (exact) mass is 523 g/mol. The first kappa shape index (κ1) is 24.3. The van der Waals surface area contributed by atoms with Gasteiger partial charge in [-0.2, -0.15) is 0 Å². The van der Waals surface area contributed by atoms with Gasteiger partial charge in [-0.25, -0.2) is 8.42 Å². The Labute approximate surface area is 217 Å². The summed E-state index contributed by atoms with van der Waals surface area (Å²) in [5.41, 5.74) is 1.76. The van der Waals surface area contributed by atoms with Crippen LogP contribution in [-0.2, 0) is 14.8 Å². The molecule has 0 N–H and O–H groups in total. The Morgan fingerprint density at radius 2 is 1.86 bits per heavy atom. The van der Waals surface area contributed by atoms with Gasteiger partial charge in [0.15, 0.2) is 5.58 Å². The van der Waals surface area contributed by atoms with E-state index in [1.165, 1.54) is 24.3 Å². The van der Waals surface area contributed by atoms with Crippen LogP contribution in [0.1, 0.15) is 31.2 Å². The SMILES string of the molecule is COc1ccc(C)cc1S(=O)(=O)N(c1cc(N2CCN(CC3CC3)CC2)c2occc2c1)C1(C=O)CC1. The number of rotatable bonds is 9. The molecular formula is C28H33N3O5S. The van der Waals surface area contributed by atoms with Crippen molar-refractivity contribution in [3.05, 3.63) is 48.2 Å². The van der Waals surface area contributed by atoms with E-state index in [1.54, 1.807) is 18.4 Å². The Kier molecular flexibility index (Phi) is 5.95. The Hall–Kier alpha value is -3.04.